The summed E-state index contributed by atoms with van der Waals surface area (Å²) in [4.78, 5) is 63.9. The molecule has 4 heterocycles. The van der Waals surface area contributed by atoms with Gasteiger partial charge in [0.15, 0.2) is 0 Å². The van der Waals surface area contributed by atoms with Gasteiger partial charge in [0, 0.05) is 30.7 Å². The molecule has 186 valence electrons. The molecule has 1 aromatic carbocycles. The van der Waals surface area contributed by atoms with Gasteiger partial charge in [-0.2, -0.15) is 0 Å². The number of hydrogen-bond acceptors (Lipinski definition) is 8. The third-order valence-corrected chi connectivity index (χ3v) is 7.27. The predicted molar refractivity (Wildman–Crippen MR) is 134 cm³/mol. The van der Waals surface area contributed by atoms with E-state index in [2.05, 4.69) is 4.98 Å². The van der Waals surface area contributed by atoms with Crippen molar-refractivity contribution in [1.82, 2.24) is 19.2 Å². The van der Waals surface area contributed by atoms with Crippen LogP contribution in [0.25, 0.3) is 21.1 Å². The number of aliphatic hydroxyl groups is 1. The summed E-state index contributed by atoms with van der Waals surface area (Å²) in [6.07, 6.45) is 0.627. The molecule has 0 radical (unpaired) electrons. The number of hydroxylamine groups is 2. The first-order chi connectivity index (χ1) is 17.2. The van der Waals surface area contributed by atoms with Gasteiger partial charge >= 0.3 is 5.69 Å². The number of β-amino-alcohol motifs (C(OH)–C–C–N with tert-alkyl or cyclic N) is 1. The van der Waals surface area contributed by atoms with Crippen LogP contribution in [0.3, 0.4) is 0 Å². The molecule has 1 N–H and O–H groups in total. The van der Waals surface area contributed by atoms with E-state index in [1.54, 1.807) is 24.3 Å². The lowest BCUT2D eigenvalue weighted by Gasteiger charge is -2.15. The summed E-state index contributed by atoms with van der Waals surface area (Å²) in [5.74, 6) is -1.13. The minimum Gasteiger partial charge on any atom is -0.389 e. The van der Waals surface area contributed by atoms with Gasteiger partial charge in [-0.15, -0.1) is 11.3 Å². The van der Waals surface area contributed by atoms with E-state index in [0.29, 0.717) is 23.0 Å². The van der Waals surface area contributed by atoms with Crippen LogP contribution in [0.5, 0.6) is 0 Å². The number of ketones is 1. The fourth-order valence-electron chi connectivity index (χ4n) is 4.38. The van der Waals surface area contributed by atoms with Crippen molar-refractivity contribution in [2.45, 2.75) is 26.5 Å². The molecule has 1 amide bonds. The van der Waals surface area contributed by atoms with Crippen molar-refractivity contribution in [3.63, 3.8) is 0 Å². The summed E-state index contributed by atoms with van der Waals surface area (Å²) < 4.78 is 2.38. The summed E-state index contributed by atoms with van der Waals surface area (Å²) >= 11 is 0.943. The summed E-state index contributed by atoms with van der Waals surface area (Å²) in [6, 6.07) is 8.70. The molecule has 1 aliphatic heterocycles. The van der Waals surface area contributed by atoms with Gasteiger partial charge in [-0.3, -0.25) is 33.3 Å². The minimum absolute atomic E-state index is 0.0144. The molecular weight excluding hydrogens is 484 g/mol. The Hall–Kier alpha value is -3.67. The standard InChI is InChI=1S/C25H24N4O6S/c1-13(2)10-28-24-19(22(32)27(3)25(28)34)18(23(33)29-11-14(30)12-35-29)21(36-24)20(31)16-8-9-26-17-7-5-4-6-15(16)17/h4-9,13-14,30H,10-12H2,1-3H3/t14-/m0/s1. The van der Waals surface area contributed by atoms with Gasteiger partial charge in [0.05, 0.1) is 27.9 Å². The average Bonchev–Trinajstić information content (AvgIpc) is 3.48. The molecule has 1 saturated heterocycles. The van der Waals surface area contributed by atoms with Crippen LogP contribution in [0.1, 0.15) is 39.4 Å². The molecule has 3 aromatic heterocycles. The Morgan fingerprint density at radius 2 is 1.97 bits per heavy atom. The number of para-hydroxylation sites is 1. The Bertz CT molecular complexity index is 1650. The van der Waals surface area contributed by atoms with Crippen molar-refractivity contribution in [1.29, 1.82) is 0 Å². The van der Waals surface area contributed by atoms with Crippen molar-refractivity contribution in [2.75, 3.05) is 13.2 Å². The Labute approximate surface area is 208 Å². The number of hydrogen-bond donors (Lipinski definition) is 1. The predicted octanol–water partition coefficient (Wildman–Crippen LogP) is 1.95. The number of carbonyl (C=O) groups is 2. The van der Waals surface area contributed by atoms with Gasteiger partial charge in [-0.25, -0.2) is 9.86 Å². The number of amides is 1. The number of benzene rings is 1. The first-order valence-electron chi connectivity index (χ1n) is 11.5. The van der Waals surface area contributed by atoms with Gasteiger partial charge < -0.3 is 5.11 Å². The van der Waals surface area contributed by atoms with Gasteiger partial charge in [0.25, 0.3) is 11.5 Å². The second-order valence-corrected chi connectivity index (χ2v) is 10.2. The summed E-state index contributed by atoms with van der Waals surface area (Å²) in [7, 11) is 1.35. The third kappa shape index (κ3) is 3.85. The highest BCUT2D eigenvalue weighted by molar-refractivity contribution is 7.21. The highest BCUT2D eigenvalue weighted by Crippen LogP contribution is 2.34. The van der Waals surface area contributed by atoms with Crippen LogP contribution >= 0.6 is 11.3 Å². The molecule has 5 rings (SSSR count). The number of aliphatic hydroxyl groups excluding tert-OH is 1. The zero-order valence-electron chi connectivity index (χ0n) is 19.9. The number of thiophene rings is 1. The van der Waals surface area contributed by atoms with Crippen LogP contribution in [0.15, 0.2) is 46.1 Å². The molecule has 0 unspecified atom stereocenters. The van der Waals surface area contributed by atoms with Crippen LogP contribution in [0.2, 0.25) is 0 Å². The molecule has 0 saturated carbocycles. The van der Waals surface area contributed by atoms with Crippen molar-refractivity contribution in [3.05, 3.63) is 73.4 Å². The van der Waals surface area contributed by atoms with E-state index in [0.717, 1.165) is 21.0 Å². The smallest absolute Gasteiger partial charge is 0.331 e. The van der Waals surface area contributed by atoms with E-state index in [1.165, 1.54) is 17.8 Å². The topological polar surface area (TPSA) is 124 Å². The monoisotopic (exact) mass is 508 g/mol. The molecule has 4 aromatic rings. The van der Waals surface area contributed by atoms with Crippen LogP contribution in [-0.2, 0) is 18.4 Å². The first-order valence-corrected chi connectivity index (χ1v) is 12.3. The quantitative estimate of drug-likeness (QED) is 0.409. The molecule has 0 spiro atoms. The third-order valence-electron chi connectivity index (χ3n) is 6.06. The molecule has 11 heteroatoms. The van der Waals surface area contributed by atoms with Crippen molar-refractivity contribution in [2.24, 2.45) is 13.0 Å². The molecule has 0 aliphatic carbocycles. The van der Waals surface area contributed by atoms with E-state index >= 15 is 0 Å². The number of fused-ring (bicyclic) bond motifs is 2. The van der Waals surface area contributed by atoms with Crippen LogP contribution in [0.4, 0.5) is 0 Å². The molecule has 1 aliphatic rings. The first kappa shape index (κ1) is 24.0. The number of nitrogens with zero attached hydrogens (tertiary/aromatic N) is 4. The van der Waals surface area contributed by atoms with Crippen LogP contribution in [-0.4, -0.2) is 55.2 Å². The lowest BCUT2D eigenvalue weighted by molar-refractivity contribution is -0.0778. The van der Waals surface area contributed by atoms with Gasteiger partial charge in [-0.05, 0) is 18.1 Å². The molecular formula is C25H24N4O6S. The lowest BCUT2D eigenvalue weighted by Crippen LogP contribution is -2.39. The van der Waals surface area contributed by atoms with Gasteiger partial charge in [-0.1, -0.05) is 32.0 Å². The number of carbonyl (C=O) groups excluding carboxylic acids is 2. The second kappa shape index (κ2) is 9.08. The Morgan fingerprint density at radius 1 is 1.22 bits per heavy atom. The Morgan fingerprint density at radius 3 is 2.67 bits per heavy atom. The molecule has 0 bridgehead atoms. The average molecular weight is 509 g/mol. The van der Waals surface area contributed by atoms with Crippen molar-refractivity contribution < 1.29 is 19.5 Å². The van der Waals surface area contributed by atoms with Crippen LogP contribution < -0.4 is 11.2 Å². The Kier molecular flexibility index (Phi) is 6.07. The fraction of sp³-hybridized carbons (Fsp3) is 0.320. The zero-order chi connectivity index (χ0) is 25.7. The maximum atomic E-state index is 14.0. The van der Waals surface area contributed by atoms with Gasteiger partial charge in [0.2, 0.25) is 5.78 Å². The number of aromatic nitrogens is 3. The summed E-state index contributed by atoms with van der Waals surface area (Å²) in [5, 5.41) is 11.5. The van der Waals surface area contributed by atoms with Crippen LogP contribution in [0, 0.1) is 5.92 Å². The number of pyridine rings is 1. The largest absolute Gasteiger partial charge is 0.389 e. The maximum Gasteiger partial charge on any atom is 0.331 e. The van der Waals surface area contributed by atoms with Crippen molar-refractivity contribution in [3.8, 4) is 0 Å². The lowest BCUT2D eigenvalue weighted by atomic mass is 10.0. The normalized spacial score (nSPS) is 15.9. The van der Waals surface area contributed by atoms with E-state index in [1.807, 2.05) is 19.9 Å². The zero-order valence-corrected chi connectivity index (χ0v) is 20.7. The van der Waals surface area contributed by atoms with Gasteiger partial charge in [0.1, 0.15) is 17.5 Å². The Balaban J connectivity index is 1.83. The summed E-state index contributed by atoms with van der Waals surface area (Å²) in [5.41, 5.74) is -0.405. The molecule has 36 heavy (non-hydrogen) atoms. The summed E-state index contributed by atoms with van der Waals surface area (Å²) in [6.45, 7) is 3.97. The molecule has 1 fully saturated rings. The highest BCUT2D eigenvalue weighted by atomic mass is 32.1. The SMILES string of the molecule is CC(C)Cn1c(=O)n(C)c(=O)c2c(C(=O)N3C[C@H](O)CO3)c(C(=O)c3ccnc4ccccc34)sc21. The molecule has 1 atom stereocenters. The fourth-order valence-corrected chi connectivity index (χ4v) is 5.62. The van der Waals surface area contributed by atoms with E-state index in [-0.39, 0.29) is 39.7 Å². The van der Waals surface area contributed by atoms with Crippen molar-refractivity contribution >= 4 is 44.1 Å². The maximum absolute atomic E-state index is 14.0. The van der Waals surface area contributed by atoms with E-state index in [4.69, 9.17) is 4.84 Å². The van der Waals surface area contributed by atoms with E-state index in [9.17, 15) is 24.3 Å². The van der Waals surface area contributed by atoms with E-state index < -0.39 is 29.0 Å². The highest BCUT2D eigenvalue weighted by Gasteiger charge is 2.35. The number of rotatable bonds is 5. The molecule has 10 nitrogen and oxygen atoms in total. The minimum atomic E-state index is -0.885. The second-order valence-electron chi connectivity index (χ2n) is 9.16.